The van der Waals surface area contributed by atoms with E-state index >= 15 is 0 Å². The van der Waals surface area contributed by atoms with Crippen LogP contribution in [0, 0.1) is 5.82 Å². The molecule has 0 unspecified atom stereocenters. The second-order valence-electron chi connectivity index (χ2n) is 3.95. The van der Waals surface area contributed by atoms with Crippen LogP contribution in [0.4, 0.5) is 4.39 Å². The number of hydrogen-bond donors (Lipinski definition) is 0. The number of carbonyl (C=O) groups is 1. The van der Waals surface area contributed by atoms with Crippen molar-refractivity contribution in [3.05, 3.63) is 29.8 Å². The molecule has 0 aliphatic rings. The quantitative estimate of drug-likeness (QED) is 0.798. The molecule has 2 aromatic rings. The fourth-order valence-corrected chi connectivity index (χ4v) is 1.72. The van der Waals surface area contributed by atoms with Crippen molar-refractivity contribution in [1.82, 2.24) is 14.8 Å². The Morgan fingerprint density at radius 1 is 1.45 bits per heavy atom. The fraction of sp³-hybridized carbons (Fsp3) is 0.308. The van der Waals surface area contributed by atoms with Crippen LogP contribution in [-0.2, 0) is 11.8 Å². The summed E-state index contributed by atoms with van der Waals surface area (Å²) in [6.45, 7) is 1.95. The summed E-state index contributed by atoms with van der Waals surface area (Å²) in [6.07, 6.45) is 0. The predicted octanol–water partition coefficient (Wildman–Crippen LogP) is 1.81. The van der Waals surface area contributed by atoms with Crippen LogP contribution in [0.3, 0.4) is 0 Å². The summed E-state index contributed by atoms with van der Waals surface area (Å²) in [4.78, 5) is 15.7. The van der Waals surface area contributed by atoms with Gasteiger partial charge in [-0.2, -0.15) is 0 Å². The third-order valence-electron chi connectivity index (χ3n) is 2.63. The third-order valence-corrected chi connectivity index (χ3v) is 2.63. The Kier molecular flexibility index (Phi) is 3.97. The molecule has 0 atom stereocenters. The van der Waals surface area contributed by atoms with Crippen LogP contribution in [0.15, 0.2) is 18.2 Å². The number of nitrogens with zero attached hydrogens (tertiary/aromatic N) is 3. The van der Waals surface area contributed by atoms with Crippen LogP contribution in [0.2, 0.25) is 0 Å². The van der Waals surface area contributed by atoms with Crippen molar-refractivity contribution >= 4 is 5.97 Å². The number of rotatable bonds is 4. The molecule has 0 N–H and O–H groups in total. The van der Waals surface area contributed by atoms with Gasteiger partial charge in [-0.05, 0) is 25.1 Å². The maximum atomic E-state index is 13.4. The van der Waals surface area contributed by atoms with E-state index in [1.54, 1.807) is 14.0 Å². The molecule has 0 aliphatic heterocycles. The summed E-state index contributed by atoms with van der Waals surface area (Å²) >= 11 is 0. The molecule has 0 aliphatic carbocycles. The largest absolute Gasteiger partial charge is 0.494 e. The first kappa shape index (κ1) is 14.0. The second-order valence-corrected chi connectivity index (χ2v) is 3.95. The molecule has 0 amide bonds. The van der Waals surface area contributed by atoms with Crippen LogP contribution >= 0.6 is 0 Å². The van der Waals surface area contributed by atoms with Crippen molar-refractivity contribution in [2.45, 2.75) is 6.92 Å². The zero-order valence-electron chi connectivity index (χ0n) is 11.4. The zero-order chi connectivity index (χ0) is 14.7. The zero-order valence-corrected chi connectivity index (χ0v) is 11.4. The minimum atomic E-state index is -0.594. The summed E-state index contributed by atoms with van der Waals surface area (Å²) in [5.41, 5.74) is 0.591. The molecule has 6 nitrogen and oxygen atoms in total. The molecular formula is C13H14FN3O3. The number of aryl methyl sites for hydroxylation is 1. The van der Waals surface area contributed by atoms with E-state index in [0.717, 1.165) is 0 Å². The molecule has 0 fully saturated rings. The average molecular weight is 279 g/mol. The maximum absolute atomic E-state index is 13.4. The van der Waals surface area contributed by atoms with E-state index < -0.39 is 11.8 Å². The van der Waals surface area contributed by atoms with Gasteiger partial charge in [-0.15, -0.1) is 5.10 Å². The third kappa shape index (κ3) is 2.61. The highest BCUT2D eigenvalue weighted by atomic mass is 19.1. The molecule has 1 heterocycles. The number of carbonyl (C=O) groups excluding carboxylic acids is 1. The number of hydrogen-bond acceptors (Lipinski definition) is 5. The van der Waals surface area contributed by atoms with Gasteiger partial charge in [0.25, 0.3) is 5.82 Å². The van der Waals surface area contributed by atoms with Gasteiger partial charge in [0.15, 0.2) is 17.4 Å². The van der Waals surface area contributed by atoms with Crippen molar-refractivity contribution in [3.8, 4) is 17.1 Å². The Morgan fingerprint density at radius 3 is 2.85 bits per heavy atom. The first-order valence-electron chi connectivity index (χ1n) is 5.99. The number of ether oxygens (including phenoxy) is 2. The molecule has 0 radical (unpaired) electrons. The molecule has 0 bridgehead atoms. The van der Waals surface area contributed by atoms with E-state index in [1.165, 1.54) is 30.0 Å². The van der Waals surface area contributed by atoms with Crippen molar-refractivity contribution < 1.29 is 18.7 Å². The second kappa shape index (κ2) is 5.68. The lowest BCUT2D eigenvalue weighted by Crippen LogP contribution is -2.07. The Hall–Kier alpha value is -2.44. The minimum Gasteiger partial charge on any atom is -0.494 e. The minimum absolute atomic E-state index is 0.0346. The molecule has 1 aromatic carbocycles. The summed E-state index contributed by atoms with van der Waals surface area (Å²) in [5.74, 6) is -0.574. The Morgan fingerprint density at radius 2 is 2.20 bits per heavy atom. The Labute approximate surface area is 115 Å². The van der Waals surface area contributed by atoms with Gasteiger partial charge in [-0.1, -0.05) is 0 Å². The van der Waals surface area contributed by atoms with Gasteiger partial charge in [0.1, 0.15) is 0 Å². The van der Waals surface area contributed by atoms with Crippen LogP contribution in [0.25, 0.3) is 11.4 Å². The van der Waals surface area contributed by atoms with Crippen LogP contribution < -0.4 is 4.74 Å². The molecular weight excluding hydrogens is 265 g/mol. The lowest BCUT2D eigenvalue weighted by molar-refractivity contribution is 0.0512. The number of halogens is 1. The van der Waals surface area contributed by atoms with Crippen LogP contribution in [0.1, 0.15) is 17.5 Å². The average Bonchev–Trinajstić information content (AvgIpc) is 2.82. The number of methoxy groups -OCH3 is 1. The van der Waals surface area contributed by atoms with E-state index in [-0.39, 0.29) is 18.2 Å². The number of benzene rings is 1. The van der Waals surface area contributed by atoms with Gasteiger partial charge in [-0.3, -0.25) is 0 Å². The fourth-order valence-electron chi connectivity index (χ4n) is 1.72. The van der Waals surface area contributed by atoms with E-state index in [4.69, 9.17) is 9.47 Å². The highest BCUT2D eigenvalue weighted by Gasteiger charge is 2.17. The standard InChI is InChI=1S/C13H14FN3O3/c1-4-20-13(18)11-15-12(17(2)16-11)8-5-6-9(14)10(7-8)19-3/h5-7H,4H2,1-3H3. The number of esters is 1. The summed E-state index contributed by atoms with van der Waals surface area (Å²) in [6, 6.07) is 4.30. The van der Waals surface area contributed by atoms with E-state index in [9.17, 15) is 9.18 Å². The lowest BCUT2D eigenvalue weighted by atomic mass is 10.2. The van der Waals surface area contributed by atoms with Gasteiger partial charge in [-0.25, -0.2) is 18.9 Å². The van der Waals surface area contributed by atoms with E-state index in [0.29, 0.717) is 11.4 Å². The highest BCUT2D eigenvalue weighted by molar-refractivity contribution is 5.85. The van der Waals surface area contributed by atoms with Gasteiger partial charge in [0, 0.05) is 12.6 Å². The molecule has 0 saturated carbocycles. The molecule has 106 valence electrons. The highest BCUT2D eigenvalue weighted by Crippen LogP contribution is 2.25. The normalized spacial score (nSPS) is 10.4. The van der Waals surface area contributed by atoms with E-state index in [1.807, 2.05) is 0 Å². The van der Waals surface area contributed by atoms with Gasteiger partial charge >= 0.3 is 5.97 Å². The number of aromatic nitrogens is 3. The van der Waals surface area contributed by atoms with Gasteiger partial charge < -0.3 is 9.47 Å². The van der Waals surface area contributed by atoms with Crippen molar-refractivity contribution in [3.63, 3.8) is 0 Å². The Balaban J connectivity index is 2.40. The topological polar surface area (TPSA) is 66.2 Å². The van der Waals surface area contributed by atoms with Crippen molar-refractivity contribution in [1.29, 1.82) is 0 Å². The summed E-state index contributed by atoms with van der Waals surface area (Å²) in [7, 11) is 3.02. The SMILES string of the molecule is CCOC(=O)c1nc(-c2ccc(F)c(OC)c2)n(C)n1. The van der Waals surface area contributed by atoms with E-state index in [2.05, 4.69) is 10.1 Å². The van der Waals surface area contributed by atoms with Crippen molar-refractivity contribution in [2.24, 2.45) is 7.05 Å². The Bertz CT molecular complexity index is 640. The van der Waals surface area contributed by atoms with Crippen LogP contribution in [0.5, 0.6) is 5.75 Å². The van der Waals surface area contributed by atoms with Gasteiger partial charge in [0.2, 0.25) is 0 Å². The molecule has 0 spiro atoms. The molecule has 1 aromatic heterocycles. The lowest BCUT2D eigenvalue weighted by Gasteiger charge is -2.04. The molecule has 2 rings (SSSR count). The predicted molar refractivity (Wildman–Crippen MR) is 68.9 cm³/mol. The van der Waals surface area contributed by atoms with Crippen LogP contribution in [-0.4, -0.2) is 34.5 Å². The van der Waals surface area contributed by atoms with Gasteiger partial charge in [0.05, 0.1) is 13.7 Å². The first-order valence-corrected chi connectivity index (χ1v) is 5.99. The molecule has 20 heavy (non-hydrogen) atoms. The smallest absolute Gasteiger partial charge is 0.378 e. The maximum Gasteiger partial charge on any atom is 0.378 e. The molecule has 0 saturated heterocycles. The van der Waals surface area contributed by atoms with Crippen molar-refractivity contribution in [2.75, 3.05) is 13.7 Å². The first-order chi connectivity index (χ1) is 9.56. The molecule has 7 heteroatoms. The summed E-state index contributed by atoms with van der Waals surface area (Å²) in [5, 5.41) is 3.98. The summed E-state index contributed by atoms with van der Waals surface area (Å²) < 4.78 is 24.6. The monoisotopic (exact) mass is 279 g/mol.